The van der Waals surface area contributed by atoms with Gasteiger partial charge >= 0.3 is 0 Å². The van der Waals surface area contributed by atoms with E-state index in [4.69, 9.17) is 0 Å². The number of nitrogens with zero attached hydrogens (tertiary/aromatic N) is 1. The van der Waals surface area contributed by atoms with Crippen LogP contribution in [0.15, 0.2) is 48.5 Å². The van der Waals surface area contributed by atoms with Gasteiger partial charge in [0.15, 0.2) is 5.78 Å². The molecule has 26 heavy (non-hydrogen) atoms. The van der Waals surface area contributed by atoms with Crippen molar-refractivity contribution in [1.82, 2.24) is 4.98 Å². The smallest absolute Gasteiger partial charge is 0.224 e. The summed E-state index contributed by atoms with van der Waals surface area (Å²) in [5.41, 5.74) is 5.33. The van der Waals surface area contributed by atoms with Crippen LogP contribution in [0, 0.1) is 20.8 Å². The van der Waals surface area contributed by atoms with Crippen molar-refractivity contribution >= 4 is 28.3 Å². The number of hydrogen-bond acceptors (Lipinski definition) is 3. The number of carbonyl (C=O) groups excluding carboxylic acids is 2. The maximum atomic E-state index is 12.4. The van der Waals surface area contributed by atoms with Gasteiger partial charge in [-0.15, -0.1) is 0 Å². The van der Waals surface area contributed by atoms with E-state index in [0.717, 1.165) is 33.4 Å². The highest BCUT2D eigenvalue weighted by molar-refractivity contribution is 6.04. The molecule has 1 aromatic heterocycles. The SMILES string of the molecule is Cc1cc(C)c2nc(C)cc(NC(=O)CCC(=O)c3ccccc3)c2c1. The summed E-state index contributed by atoms with van der Waals surface area (Å²) < 4.78 is 0. The Morgan fingerprint density at radius 2 is 1.69 bits per heavy atom. The van der Waals surface area contributed by atoms with Crippen LogP contribution in [0.2, 0.25) is 0 Å². The number of fused-ring (bicyclic) bond motifs is 1. The molecule has 0 spiro atoms. The first-order chi connectivity index (χ1) is 12.4. The molecule has 0 unspecified atom stereocenters. The third-order valence-electron chi connectivity index (χ3n) is 4.33. The van der Waals surface area contributed by atoms with Crippen LogP contribution in [0.5, 0.6) is 0 Å². The number of pyridine rings is 1. The van der Waals surface area contributed by atoms with Crippen molar-refractivity contribution < 1.29 is 9.59 Å². The zero-order valence-corrected chi connectivity index (χ0v) is 15.3. The summed E-state index contributed by atoms with van der Waals surface area (Å²) >= 11 is 0. The lowest BCUT2D eigenvalue weighted by Gasteiger charge is -2.12. The third kappa shape index (κ3) is 3.97. The first-order valence-electron chi connectivity index (χ1n) is 8.71. The van der Waals surface area contributed by atoms with Crippen molar-refractivity contribution in [3.8, 4) is 0 Å². The van der Waals surface area contributed by atoms with Gasteiger partial charge in [-0.2, -0.15) is 0 Å². The number of hydrogen-bond donors (Lipinski definition) is 1. The van der Waals surface area contributed by atoms with E-state index in [1.165, 1.54) is 0 Å². The zero-order valence-electron chi connectivity index (χ0n) is 15.3. The van der Waals surface area contributed by atoms with E-state index in [2.05, 4.69) is 16.4 Å². The van der Waals surface area contributed by atoms with Crippen LogP contribution in [0.1, 0.15) is 40.0 Å². The number of aromatic nitrogens is 1. The van der Waals surface area contributed by atoms with Crippen molar-refractivity contribution in [2.24, 2.45) is 0 Å². The number of benzene rings is 2. The standard InChI is InChI=1S/C22H22N2O2/c1-14-11-15(2)22-18(12-14)19(13-16(3)23-22)24-21(26)10-9-20(25)17-7-5-4-6-8-17/h4-8,11-13H,9-10H2,1-3H3,(H,23,24,26). The van der Waals surface area contributed by atoms with Gasteiger partial charge in [0.1, 0.15) is 0 Å². The number of rotatable bonds is 5. The number of aryl methyl sites for hydroxylation is 3. The molecule has 1 amide bonds. The van der Waals surface area contributed by atoms with E-state index in [1.807, 2.05) is 51.1 Å². The minimum Gasteiger partial charge on any atom is -0.325 e. The van der Waals surface area contributed by atoms with Gasteiger partial charge in [0, 0.05) is 29.5 Å². The Bertz CT molecular complexity index is 978. The number of ketones is 1. The topological polar surface area (TPSA) is 59.1 Å². The monoisotopic (exact) mass is 346 g/mol. The molecule has 3 rings (SSSR count). The van der Waals surface area contributed by atoms with Gasteiger partial charge in [0.25, 0.3) is 0 Å². The van der Waals surface area contributed by atoms with Gasteiger partial charge in [0.2, 0.25) is 5.91 Å². The summed E-state index contributed by atoms with van der Waals surface area (Å²) in [6, 6.07) is 15.0. The van der Waals surface area contributed by atoms with Gasteiger partial charge in [-0.25, -0.2) is 0 Å². The molecule has 4 nitrogen and oxygen atoms in total. The first kappa shape index (κ1) is 17.8. The second-order valence-corrected chi connectivity index (χ2v) is 6.63. The lowest BCUT2D eigenvalue weighted by atomic mass is 10.0. The van der Waals surface area contributed by atoms with E-state index >= 15 is 0 Å². The van der Waals surface area contributed by atoms with Crippen LogP contribution < -0.4 is 5.32 Å². The Kier molecular flexibility index (Phi) is 5.12. The molecule has 0 aliphatic heterocycles. The van der Waals surface area contributed by atoms with Crippen molar-refractivity contribution in [3.05, 3.63) is 70.9 Å². The van der Waals surface area contributed by atoms with Crippen molar-refractivity contribution in [3.63, 3.8) is 0 Å². The first-order valence-corrected chi connectivity index (χ1v) is 8.71. The van der Waals surface area contributed by atoms with E-state index in [1.54, 1.807) is 12.1 Å². The Balaban J connectivity index is 1.76. The minimum absolute atomic E-state index is 0.0248. The van der Waals surface area contributed by atoms with Gasteiger partial charge in [0.05, 0.1) is 11.2 Å². The Hall–Kier alpha value is -3.01. The maximum Gasteiger partial charge on any atom is 0.224 e. The molecule has 0 atom stereocenters. The summed E-state index contributed by atoms with van der Waals surface area (Å²) in [6.07, 6.45) is 0.345. The highest BCUT2D eigenvalue weighted by Crippen LogP contribution is 2.27. The molecule has 0 saturated carbocycles. The van der Waals surface area contributed by atoms with Crippen LogP contribution in [0.4, 0.5) is 5.69 Å². The van der Waals surface area contributed by atoms with Crippen molar-refractivity contribution in [2.45, 2.75) is 33.6 Å². The second-order valence-electron chi connectivity index (χ2n) is 6.63. The van der Waals surface area contributed by atoms with E-state index in [9.17, 15) is 9.59 Å². The molecule has 0 radical (unpaired) electrons. The van der Waals surface area contributed by atoms with Gasteiger partial charge in [-0.1, -0.05) is 42.0 Å². The minimum atomic E-state index is -0.166. The molecule has 132 valence electrons. The molecule has 1 N–H and O–H groups in total. The number of anilines is 1. The van der Waals surface area contributed by atoms with E-state index < -0.39 is 0 Å². The lowest BCUT2D eigenvalue weighted by Crippen LogP contribution is -2.14. The predicted molar refractivity (Wildman–Crippen MR) is 105 cm³/mol. The number of carbonyl (C=O) groups is 2. The van der Waals surface area contributed by atoms with Crippen molar-refractivity contribution in [2.75, 3.05) is 5.32 Å². The van der Waals surface area contributed by atoms with Gasteiger partial charge < -0.3 is 5.32 Å². The highest BCUT2D eigenvalue weighted by Gasteiger charge is 2.12. The fourth-order valence-corrected chi connectivity index (χ4v) is 3.12. The second kappa shape index (κ2) is 7.48. The van der Waals surface area contributed by atoms with E-state index in [0.29, 0.717) is 5.56 Å². The summed E-state index contributed by atoms with van der Waals surface area (Å²) in [4.78, 5) is 29.1. The number of amides is 1. The normalized spacial score (nSPS) is 10.7. The fraction of sp³-hybridized carbons (Fsp3) is 0.227. The Morgan fingerprint density at radius 3 is 2.42 bits per heavy atom. The van der Waals surface area contributed by atoms with Crippen LogP contribution >= 0.6 is 0 Å². The zero-order chi connectivity index (χ0) is 18.7. The highest BCUT2D eigenvalue weighted by atomic mass is 16.2. The average molecular weight is 346 g/mol. The Morgan fingerprint density at radius 1 is 0.962 bits per heavy atom. The molecule has 4 heteroatoms. The van der Waals surface area contributed by atoms with Crippen molar-refractivity contribution in [1.29, 1.82) is 0 Å². The summed E-state index contributed by atoms with van der Waals surface area (Å²) in [5, 5.41) is 3.88. The fourth-order valence-electron chi connectivity index (χ4n) is 3.12. The average Bonchev–Trinajstić information content (AvgIpc) is 2.61. The predicted octanol–water partition coefficient (Wildman–Crippen LogP) is 4.76. The number of nitrogens with one attached hydrogen (secondary N) is 1. The van der Waals surface area contributed by atoms with Crippen LogP contribution in [0.25, 0.3) is 10.9 Å². The molecule has 0 aliphatic rings. The number of Topliss-reactive ketones (excluding diaryl/α,β-unsaturated/α-hetero) is 1. The largest absolute Gasteiger partial charge is 0.325 e. The lowest BCUT2D eigenvalue weighted by molar-refractivity contribution is -0.116. The van der Waals surface area contributed by atoms with Crippen LogP contribution in [0.3, 0.4) is 0 Å². The van der Waals surface area contributed by atoms with E-state index in [-0.39, 0.29) is 24.5 Å². The molecular formula is C22H22N2O2. The molecule has 0 fully saturated rings. The Labute approximate surface area is 153 Å². The summed E-state index contributed by atoms with van der Waals surface area (Å²) in [7, 11) is 0. The molecule has 0 bridgehead atoms. The van der Waals surface area contributed by atoms with Gasteiger partial charge in [-0.05, 0) is 38.5 Å². The van der Waals surface area contributed by atoms with Crippen LogP contribution in [-0.4, -0.2) is 16.7 Å². The molecule has 0 aliphatic carbocycles. The third-order valence-corrected chi connectivity index (χ3v) is 4.33. The summed E-state index contributed by atoms with van der Waals surface area (Å²) in [5.74, 6) is -0.191. The molecule has 0 saturated heterocycles. The maximum absolute atomic E-state index is 12.4. The van der Waals surface area contributed by atoms with Crippen LogP contribution in [-0.2, 0) is 4.79 Å². The molecule has 1 heterocycles. The van der Waals surface area contributed by atoms with Gasteiger partial charge in [-0.3, -0.25) is 14.6 Å². The molecule has 3 aromatic rings. The quantitative estimate of drug-likeness (QED) is 0.678. The molecule has 2 aromatic carbocycles. The molecular weight excluding hydrogens is 324 g/mol. The summed E-state index contributed by atoms with van der Waals surface area (Å²) in [6.45, 7) is 5.95.